The molecule has 1 aromatic carbocycles. The number of hydrogen-bond donors (Lipinski definition) is 3. The maximum absolute atomic E-state index is 12.4. The largest absolute Gasteiger partial charge is 0.310 e. The highest BCUT2D eigenvalue weighted by atomic mass is 32.2. The van der Waals surface area contributed by atoms with Gasteiger partial charge in [0.15, 0.2) is 5.03 Å². The van der Waals surface area contributed by atoms with Gasteiger partial charge in [0.25, 0.3) is 10.0 Å². The van der Waals surface area contributed by atoms with Crippen molar-refractivity contribution in [3.8, 4) is 0 Å². The zero-order valence-electron chi connectivity index (χ0n) is 11.8. The molecule has 0 radical (unpaired) electrons. The van der Waals surface area contributed by atoms with Crippen LogP contribution in [-0.2, 0) is 16.6 Å². The molecule has 21 heavy (non-hydrogen) atoms. The molecule has 1 heterocycles. The van der Waals surface area contributed by atoms with Crippen LogP contribution in [0.3, 0.4) is 0 Å². The molecule has 0 spiro atoms. The summed E-state index contributed by atoms with van der Waals surface area (Å²) in [5.41, 5.74) is 2.20. The normalized spacial score (nSPS) is 15.1. The van der Waals surface area contributed by atoms with Crippen LogP contribution < -0.4 is 10.0 Å². The summed E-state index contributed by atoms with van der Waals surface area (Å²) in [4.78, 5) is 0. The fourth-order valence-corrected chi connectivity index (χ4v) is 3.30. The Morgan fingerprint density at radius 1 is 1.38 bits per heavy atom. The van der Waals surface area contributed by atoms with E-state index in [1.165, 1.54) is 0 Å². The second-order valence-corrected chi connectivity index (χ2v) is 6.97. The highest BCUT2D eigenvalue weighted by Crippen LogP contribution is 2.21. The maximum Gasteiger partial charge on any atom is 0.279 e. The van der Waals surface area contributed by atoms with Crippen LogP contribution in [0.2, 0.25) is 0 Å². The van der Waals surface area contributed by atoms with Crippen LogP contribution in [0.1, 0.15) is 24.0 Å². The van der Waals surface area contributed by atoms with Gasteiger partial charge in [-0.1, -0.05) is 12.1 Å². The molecular formula is C14H18N4O2S. The van der Waals surface area contributed by atoms with Crippen LogP contribution in [0.15, 0.2) is 35.5 Å². The lowest BCUT2D eigenvalue weighted by Gasteiger charge is -2.09. The van der Waals surface area contributed by atoms with Crippen molar-refractivity contribution in [2.75, 3.05) is 4.72 Å². The van der Waals surface area contributed by atoms with Gasteiger partial charge in [-0.25, -0.2) is 0 Å². The average Bonchev–Trinajstić information content (AvgIpc) is 3.12. The zero-order valence-corrected chi connectivity index (χ0v) is 12.6. The molecule has 0 atom stereocenters. The molecule has 1 fully saturated rings. The van der Waals surface area contributed by atoms with Gasteiger partial charge in [0.1, 0.15) is 0 Å². The van der Waals surface area contributed by atoms with Gasteiger partial charge >= 0.3 is 0 Å². The number of aromatic nitrogens is 2. The minimum atomic E-state index is -3.65. The first-order valence-corrected chi connectivity index (χ1v) is 8.38. The lowest BCUT2D eigenvalue weighted by atomic mass is 10.2. The summed E-state index contributed by atoms with van der Waals surface area (Å²) in [5.74, 6) is 0. The third-order valence-corrected chi connectivity index (χ3v) is 4.77. The monoisotopic (exact) mass is 306 g/mol. The second-order valence-electron chi connectivity index (χ2n) is 5.35. The number of benzene rings is 1. The van der Waals surface area contributed by atoms with E-state index in [1.54, 1.807) is 18.3 Å². The van der Waals surface area contributed by atoms with Gasteiger partial charge < -0.3 is 5.32 Å². The van der Waals surface area contributed by atoms with Gasteiger partial charge in [0.2, 0.25) is 0 Å². The lowest BCUT2D eigenvalue weighted by molar-refractivity contribution is 0.593. The molecular weight excluding hydrogens is 288 g/mol. The van der Waals surface area contributed by atoms with Crippen molar-refractivity contribution in [1.82, 2.24) is 15.5 Å². The molecule has 6 nitrogen and oxygen atoms in total. The van der Waals surface area contributed by atoms with Gasteiger partial charge in [-0.3, -0.25) is 9.82 Å². The Labute approximate surface area is 124 Å². The van der Waals surface area contributed by atoms with E-state index in [0.29, 0.717) is 23.8 Å². The number of anilines is 1. The minimum Gasteiger partial charge on any atom is -0.310 e. The smallest absolute Gasteiger partial charge is 0.279 e. The van der Waals surface area contributed by atoms with Crippen LogP contribution in [0.25, 0.3) is 0 Å². The van der Waals surface area contributed by atoms with Crippen LogP contribution in [0.5, 0.6) is 0 Å². The molecule has 1 aromatic heterocycles. The summed E-state index contributed by atoms with van der Waals surface area (Å²) in [7, 11) is -3.65. The van der Waals surface area contributed by atoms with E-state index in [1.807, 2.05) is 19.1 Å². The predicted octanol–water partition coefficient (Wildman–Crippen LogP) is 1.77. The number of nitrogens with zero attached hydrogens (tertiary/aromatic N) is 1. The van der Waals surface area contributed by atoms with Gasteiger partial charge in [-0.2, -0.15) is 13.5 Å². The highest BCUT2D eigenvalue weighted by molar-refractivity contribution is 7.92. The van der Waals surface area contributed by atoms with E-state index in [-0.39, 0.29) is 5.03 Å². The Bertz CT molecular complexity index is 735. The molecule has 3 N–H and O–H groups in total. The van der Waals surface area contributed by atoms with Crippen molar-refractivity contribution in [2.45, 2.75) is 37.4 Å². The average molecular weight is 306 g/mol. The fraction of sp³-hybridized carbons (Fsp3) is 0.357. The van der Waals surface area contributed by atoms with E-state index in [2.05, 4.69) is 20.2 Å². The molecule has 0 saturated heterocycles. The first-order valence-electron chi connectivity index (χ1n) is 6.90. The van der Waals surface area contributed by atoms with Crippen molar-refractivity contribution in [2.24, 2.45) is 0 Å². The standard InChI is InChI=1S/C14H18N4O2S/c1-10-3-2-4-13(7-10)18-21(19,20)14-11(9-16-17-14)8-15-12-5-6-12/h2-4,7,9,12,15,18H,5-6,8H2,1H3,(H,16,17). The number of H-pyrrole nitrogens is 1. The van der Waals surface area contributed by atoms with Gasteiger partial charge in [0, 0.05) is 23.8 Å². The molecule has 0 unspecified atom stereocenters. The summed E-state index contributed by atoms with van der Waals surface area (Å²) < 4.78 is 27.5. The van der Waals surface area contributed by atoms with E-state index >= 15 is 0 Å². The molecule has 3 rings (SSSR count). The van der Waals surface area contributed by atoms with Gasteiger partial charge in [0.05, 0.1) is 6.20 Å². The SMILES string of the molecule is Cc1cccc(NS(=O)(=O)c2[nH]ncc2CNC2CC2)c1. The number of aryl methyl sites for hydroxylation is 1. The van der Waals surface area contributed by atoms with Crippen molar-refractivity contribution in [1.29, 1.82) is 0 Å². The molecule has 2 aromatic rings. The van der Waals surface area contributed by atoms with E-state index in [4.69, 9.17) is 0 Å². The van der Waals surface area contributed by atoms with E-state index in [9.17, 15) is 8.42 Å². The lowest BCUT2D eigenvalue weighted by Crippen LogP contribution is -2.19. The van der Waals surface area contributed by atoms with Crippen molar-refractivity contribution < 1.29 is 8.42 Å². The van der Waals surface area contributed by atoms with Crippen LogP contribution in [0.4, 0.5) is 5.69 Å². The Balaban J connectivity index is 1.79. The van der Waals surface area contributed by atoms with Gasteiger partial charge in [-0.05, 0) is 37.5 Å². The number of rotatable bonds is 6. The molecule has 7 heteroatoms. The number of nitrogens with one attached hydrogen (secondary N) is 3. The number of hydrogen-bond acceptors (Lipinski definition) is 4. The molecule has 1 aliphatic carbocycles. The molecule has 112 valence electrons. The second kappa shape index (κ2) is 5.50. The first-order chi connectivity index (χ1) is 10.0. The van der Waals surface area contributed by atoms with E-state index < -0.39 is 10.0 Å². The topological polar surface area (TPSA) is 86.9 Å². The fourth-order valence-electron chi connectivity index (χ4n) is 2.11. The Morgan fingerprint density at radius 2 is 2.19 bits per heavy atom. The molecule has 0 aliphatic heterocycles. The molecule has 0 amide bonds. The predicted molar refractivity (Wildman–Crippen MR) is 80.4 cm³/mol. The van der Waals surface area contributed by atoms with E-state index in [0.717, 1.165) is 18.4 Å². The van der Waals surface area contributed by atoms with Crippen LogP contribution in [-0.4, -0.2) is 24.7 Å². The quantitative estimate of drug-likeness (QED) is 0.759. The summed E-state index contributed by atoms with van der Waals surface area (Å²) >= 11 is 0. The van der Waals surface area contributed by atoms with Crippen LogP contribution >= 0.6 is 0 Å². The first kappa shape index (κ1) is 14.1. The molecule has 1 aliphatic rings. The Hall–Kier alpha value is -1.86. The van der Waals surface area contributed by atoms with Gasteiger partial charge in [-0.15, -0.1) is 0 Å². The number of sulfonamides is 1. The summed E-state index contributed by atoms with van der Waals surface area (Å²) in [6.45, 7) is 2.42. The Morgan fingerprint density at radius 3 is 2.90 bits per heavy atom. The zero-order chi connectivity index (χ0) is 14.9. The minimum absolute atomic E-state index is 0.122. The maximum atomic E-state index is 12.4. The molecule has 0 bridgehead atoms. The summed E-state index contributed by atoms with van der Waals surface area (Å²) in [6, 6.07) is 7.76. The Kier molecular flexibility index (Phi) is 3.69. The van der Waals surface area contributed by atoms with Crippen molar-refractivity contribution in [3.05, 3.63) is 41.6 Å². The molecule has 1 saturated carbocycles. The highest BCUT2D eigenvalue weighted by Gasteiger charge is 2.24. The third kappa shape index (κ3) is 3.43. The summed E-state index contributed by atoms with van der Waals surface area (Å²) in [5, 5.41) is 9.86. The number of aromatic amines is 1. The third-order valence-electron chi connectivity index (χ3n) is 3.38. The van der Waals surface area contributed by atoms with Crippen LogP contribution in [0, 0.1) is 6.92 Å². The van der Waals surface area contributed by atoms with Crippen molar-refractivity contribution >= 4 is 15.7 Å². The summed E-state index contributed by atoms with van der Waals surface area (Å²) in [6.07, 6.45) is 3.86. The van der Waals surface area contributed by atoms with Crippen molar-refractivity contribution in [3.63, 3.8) is 0 Å².